The highest BCUT2D eigenvalue weighted by atomic mass is 32.2. The zero-order valence-corrected chi connectivity index (χ0v) is 13.8. The van der Waals surface area contributed by atoms with Gasteiger partial charge in [-0.3, -0.25) is 4.31 Å². The first-order valence-corrected chi connectivity index (χ1v) is 8.94. The summed E-state index contributed by atoms with van der Waals surface area (Å²) in [6.07, 6.45) is 9.83. The number of hydrogen-bond donors (Lipinski definition) is 0. The first kappa shape index (κ1) is 15.1. The summed E-state index contributed by atoms with van der Waals surface area (Å²) in [4.78, 5) is 0.345. The number of hydrogen-bond acceptors (Lipinski definition) is 2. The van der Waals surface area contributed by atoms with Crippen LogP contribution in [0.2, 0.25) is 0 Å². The van der Waals surface area contributed by atoms with Crippen LogP contribution in [0.3, 0.4) is 0 Å². The minimum Gasteiger partial charge on any atom is -0.273 e. The highest BCUT2D eigenvalue weighted by Crippen LogP contribution is 2.63. The van der Waals surface area contributed by atoms with E-state index in [-0.39, 0.29) is 11.3 Å². The Morgan fingerprint density at radius 3 is 2.59 bits per heavy atom. The zero-order valence-electron chi connectivity index (χ0n) is 12.9. The lowest BCUT2D eigenvalue weighted by Crippen LogP contribution is -2.31. The molecule has 1 unspecified atom stereocenters. The van der Waals surface area contributed by atoms with E-state index in [9.17, 15) is 8.42 Å². The van der Waals surface area contributed by atoms with Crippen LogP contribution < -0.4 is 0 Å². The van der Waals surface area contributed by atoms with E-state index in [1.54, 1.807) is 18.3 Å². The van der Waals surface area contributed by atoms with Gasteiger partial charge >= 0.3 is 0 Å². The molecule has 1 aliphatic heterocycles. The number of rotatable bonds is 4. The second kappa shape index (κ2) is 5.13. The fraction of sp³-hybridized carbons (Fsp3) is 0.333. The van der Waals surface area contributed by atoms with Gasteiger partial charge in [0.05, 0.1) is 4.90 Å². The number of allylic oxidation sites excluding steroid dienone is 4. The van der Waals surface area contributed by atoms with Gasteiger partial charge in [0.15, 0.2) is 0 Å². The Morgan fingerprint density at radius 1 is 1.32 bits per heavy atom. The second-order valence-electron chi connectivity index (χ2n) is 6.07. The van der Waals surface area contributed by atoms with E-state index in [1.165, 1.54) is 4.31 Å². The van der Waals surface area contributed by atoms with Crippen molar-refractivity contribution in [1.29, 1.82) is 0 Å². The summed E-state index contributed by atoms with van der Waals surface area (Å²) in [7, 11) is -3.47. The molecule has 0 N–H and O–H groups in total. The molecule has 2 aliphatic rings. The van der Waals surface area contributed by atoms with Gasteiger partial charge in [0.2, 0.25) is 0 Å². The molecule has 1 saturated carbocycles. The summed E-state index contributed by atoms with van der Waals surface area (Å²) >= 11 is 0. The van der Waals surface area contributed by atoms with Gasteiger partial charge in [-0.1, -0.05) is 42.0 Å². The molecule has 0 radical (unpaired) electrons. The van der Waals surface area contributed by atoms with Gasteiger partial charge in [-0.25, -0.2) is 8.42 Å². The van der Waals surface area contributed by atoms with Crippen LogP contribution in [-0.2, 0) is 10.0 Å². The third kappa shape index (κ3) is 2.13. The van der Waals surface area contributed by atoms with E-state index >= 15 is 0 Å². The quantitative estimate of drug-likeness (QED) is 0.797. The van der Waals surface area contributed by atoms with Gasteiger partial charge < -0.3 is 0 Å². The van der Waals surface area contributed by atoms with Crippen molar-refractivity contribution >= 4 is 10.0 Å². The molecule has 1 aromatic rings. The maximum atomic E-state index is 12.8. The predicted molar refractivity (Wildman–Crippen MR) is 88.6 cm³/mol. The number of sulfonamides is 1. The molecule has 3 nitrogen and oxygen atoms in total. The third-order valence-corrected chi connectivity index (χ3v) is 6.59. The van der Waals surface area contributed by atoms with E-state index in [0.717, 1.165) is 5.56 Å². The molecule has 1 aromatic carbocycles. The van der Waals surface area contributed by atoms with Crippen molar-refractivity contribution in [2.45, 2.75) is 18.7 Å². The van der Waals surface area contributed by atoms with Gasteiger partial charge in [-0.2, -0.15) is 0 Å². The first-order valence-electron chi connectivity index (χ1n) is 7.50. The Labute approximate surface area is 132 Å². The number of benzene rings is 1. The van der Waals surface area contributed by atoms with E-state index in [1.807, 2.05) is 44.2 Å². The van der Waals surface area contributed by atoms with Crippen LogP contribution in [0.15, 0.2) is 66.2 Å². The Bertz CT molecular complexity index is 746. The zero-order chi connectivity index (χ0) is 16.0. The summed E-state index contributed by atoms with van der Waals surface area (Å²) in [5.74, 6) is 0.635. The van der Waals surface area contributed by atoms with Gasteiger partial charge in [0, 0.05) is 18.2 Å². The standard InChI is InChI=1S/C18H21NO2S/c1-4-6-16-17-13-19(12-11-18(16,17)5-2)22(20,21)15-9-7-14(3)8-10-15/h4-12,16-17H,2,13H2,1,3H3/b6-4+/t16-,17?,18+/m0/s1. The average Bonchev–Trinajstić information content (AvgIpc) is 3.15. The molecule has 0 spiro atoms. The molecule has 0 bridgehead atoms. The largest absolute Gasteiger partial charge is 0.273 e. The van der Waals surface area contributed by atoms with E-state index < -0.39 is 10.0 Å². The predicted octanol–water partition coefficient (Wildman–Crippen LogP) is 3.51. The summed E-state index contributed by atoms with van der Waals surface area (Å²) in [6, 6.07) is 7.00. The topological polar surface area (TPSA) is 37.4 Å². The van der Waals surface area contributed by atoms with Crippen LogP contribution in [0.1, 0.15) is 12.5 Å². The molecular formula is C18H21NO2S. The summed E-state index contributed by atoms with van der Waals surface area (Å²) in [5, 5.41) is 0. The molecular weight excluding hydrogens is 294 g/mol. The Kier molecular flexibility index (Phi) is 3.52. The highest BCUT2D eigenvalue weighted by Gasteiger charge is 2.61. The van der Waals surface area contributed by atoms with Crippen LogP contribution in [0.4, 0.5) is 0 Å². The molecule has 1 aliphatic carbocycles. The lowest BCUT2D eigenvalue weighted by atomic mass is 10.0. The lowest BCUT2D eigenvalue weighted by molar-refractivity contribution is 0.444. The van der Waals surface area contributed by atoms with Crippen molar-refractivity contribution in [3.05, 3.63) is 66.9 Å². The minimum absolute atomic E-state index is 0.0637. The SMILES string of the molecule is C=C[C@]12C=CN(S(=O)(=O)c3ccc(C)cc3)CC1[C@@H]2/C=C/C. The lowest BCUT2D eigenvalue weighted by Gasteiger charge is -2.25. The summed E-state index contributed by atoms with van der Waals surface area (Å²) < 4.78 is 27.0. The van der Waals surface area contributed by atoms with Crippen LogP contribution in [0.5, 0.6) is 0 Å². The summed E-state index contributed by atoms with van der Waals surface area (Å²) in [6.45, 7) is 8.38. The molecule has 22 heavy (non-hydrogen) atoms. The van der Waals surface area contributed by atoms with Crippen molar-refractivity contribution in [2.24, 2.45) is 17.3 Å². The number of nitrogens with zero attached hydrogens (tertiary/aromatic N) is 1. The summed E-state index contributed by atoms with van der Waals surface area (Å²) in [5.41, 5.74) is 0.986. The van der Waals surface area contributed by atoms with E-state index in [0.29, 0.717) is 17.4 Å². The highest BCUT2D eigenvalue weighted by molar-refractivity contribution is 7.89. The maximum Gasteiger partial charge on any atom is 0.263 e. The maximum absolute atomic E-state index is 12.8. The number of aryl methyl sites for hydroxylation is 1. The third-order valence-electron chi connectivity index (χ3n) is 4.83. The normalized spacial score (nSPS) is 30.4. The second-order valence-corrected chi connectivity index (χ2v) is 7.96. The van der Waals surface area contributed by atoms with Crippen molar-refractivity contribution < 1.29 is 8.42 Å². The van der Waals surface area contributed by atoms with Crippen molar-refractivity contribution in [2.75, 3.05) is 6.54 Å². The van der Waals surface area contributed by atoms with Gasteiger partial charge in [0.1, 0.15) is 0 Å². The molecule has 3 rings (SSSR count). The number of fused-ring (bicyclic) bond motifs is 1. The Morgan fingerprint density at radius 2 is 2.00 bits per heavy atom. The van der Waals surface area contributed by atoms with Crippen molar-refractivity contribution in [1.82, 2.24) is 4.31 Å². The van der Waals surface area contributed by atoms with Crippen molar-refractivity contribution in [3.63, 3.8) is 0 Å². The van der Waals surface area contributed by atoms with E-state index in [4.69, 9.17) is 0 Å². The Balaban J connectivity index is 1.89. The molecule has 1 fully saturated rings. The monoisotopic (exact) mass is 315 g/mol. The fourth-order valence-electron chi connectivity index (χ4n) is 3.40. The van der Waals surface area contributed by atoms with Gasteiger partial charge in [-0.15, -0.1) is 6.58 Å². The molecule has 0 saturated heterocycles. The minimum atomic E-state index is -3.47. The van der Waals surface area contributed by atoms with Crippen LogP contribution >= 0.6 is 0 Å². The molecule has 1 heterocycles. The van der Waals surface area contributed by atoms with Crippen LogP contribution in [0, 0.1) is 24.2 Å². The van der Waals surface area contributed by atoms with Crippen molar-refractivity contribution in [3.8, 4) is 0 Å². The molecule has 3 atom stereocenters. The van der Waals surface area contributed by atoms with Crippen LogP contribution in [0.25, 0.3) is 0 Å². The van der Waals surface area contributed by atoms with E-state index in [2.05, 4.69) is 12.7 Å². The van der Waals surface area contributed by atoms with Gasteiger partial charge in [-0.05, 0) is 37.8 Å². The molecule has 0 amide bonds. The van der Waals surface area contributed by atoms with Gasteiger partial charge in [0.25, 0.3) is 10.0 Å². The molecule has 4 heteroatoms. The first-order chi connectivity index (χ1) is 10.5. The van der Waals surface area contributed by atoms with Crippen LogP contribution in [-0.4, -0.2) is 19.3 Å². The smallest absolute Gasteiger partial charge is 0.263 e. The molecule has 116 valence electrons. The Hall–Kier alpha value is -1.81. The average molecular weight is 315 g/mol. The fourth-order valence-corrected chi connectivity index (χ4v) is 4.72. The molecule has 0 aromatic heterocycles.